The van der Waals surface area contributed by atoms with Crippen LogP contribution in [0.1, 0.15) is 29.8 Å². The Bertz CT molecular complexity index is 794. The second kappa shape index (κ2) is 6.05. The fourth-order valence-electron chi connectivity index (χ4n) is 3.93. The lowest BCUT2D eigenvalue weighted by Gasteiger charge is -2.45. The highest BCUT2D eigenvalue weighted by Gasteiger charge is 2.50. The first kappa shape index (κ1) is 16.4. The standard InChI is InChI=1S/C16H20N4O4S/c21-15(11-3-1-4-11)19-7-8-20(14-10-25(23,24)9-13(14)19)16(22)12-5-2-6-17-18-12/h2,5-6,11,13-14H,1,3-4,7-10H2/t13-,14+/m1/s1. The van der Waals surface area contributed by atoms with Crippen molar-refractivity contribution >= 4 is 21.7 Å². The van der Waals surface area contributed by atoms with Gasteiger partial charge in [-0.05, 0) is 25.0 Å². The van der Waals surface area contributed by atoms with Gasteiger partial charge in [-0.25, -0.2) is 8.42 Å². The van der Waals surface area contributed by atoms with Crippen LogP contribution in [-0.4, -0.2) is 76.9 Å². The average molecular weight is 364 g/mol. The van der Waals surface area contributed by atoms with Crippen molar-refractivity contribution in [2.24, 2.45) is 5.92 Å². The Morgan fingerprint density at radius 3 is 2.36 bits per heavy atom. The predicted octanol–water partition coefficient (Wildman–Crippen LogP) is -0.273. The molecule has 0 spiro atoms. The number of amides is 2. The maximum absolute atomic E-state index is 12.8. The molecule has 2 aliphatic heterocycles. The molecule has 3 heterocycles. The minimum absolute atomic E-state index is 0.0196. The van der Waals surface area contributed by atoms with Crippen LogP contribution in [0, 0.1) is 5.92 Å². The molecule has 8 nitrogen and oxygen atoms in total. The van der Waals surface area contributed by atoms with Crippen LogP contribution in [0.25, 0.3) is 0 Å². The summed E-state index contributed by atoms with van der Waals surface area (Å²) in [6.07, 6.45) is 4.28. The molecule has 9 heteroatoms. The molecule has 2 amide bonds. The Morgan fingerprint density at radius 1 is 1.08 bits per heavy atom. The Morgan fingerprint density at radius 2 is 1.76 bits per heavy atom. The van der Waals surface area contributed by atoms with E-state index in [-0.39, 0.29) is 34.9 Å². The molecule has 25 heavy (non-hydrogen) atoms. The third kappa shape index (κ3) is 2.90. The van der Waals surface area contributed by atoms with Gasteiger partial charge in [-0.15, -0.1) is 5.10 Å². The van der Waals surface area contributed by atoms with Crippen molar-refractivity contribution in [3.63, 3.8) is 0 Å². The molecule has 4 rings (SSSR count). The van der Waals surface area contributed by atoms with E-state index in [0.717, 1.165) is 19.3 Å². The van der Waals surface area contributed by atoms with Crippen molar-refractivity contribution in [3.8, 4) is 0 Å². The number of rotatable bonds is 2. The molecule has 0 unspecified atom stereocenters. The van der Waals surface area contributed by atoms with Crippen LogP contribution in [0.5, 0.6) is 0 Å². The first-order chi connectivity index (χ1) is 12.0. The van der Waals surface area contributed by atoms with Crippen LogP contribution in [0.15, 0.2) is 18.3 Å². The number of aromatic nitrogens is 2. The highest BCUT2D eigenvalue weighted by molar-refractivity contribution is 7.91. The summed E-state index contributed by atoms with van der Waals surface area (Å²) in [6.45, 7) is 0.697. The number of hydrogen-bond acceptors (Lipinski definition) is 6. The third-order valence-electron chi connectivity index (χ3n) is 5.47. The van der Waals surface area contributed by atoms with Gasteiger partial charge in [0.25, 0.3) is 5.91 Å². The van der Waals surface area contributed by atoms with E-state index in [0.29, 0.717) is 13.1 Å². The molecule has 0 aromatic carbocycles. The highest BCUT2D eigenvalue weighted by atomic mass is 32.2. The van der Waals surface area contributed by atoms with E-state index in [1.807, 2.05) is 0 Å². The van der Waals surface area contributed by atoms with E-state index >= 15 is 0 Å². The number of carbonyl (C=O) groups excluding carboxylic acids is 2. The topological polar surface area (TPSA) is 101 Å². The summed E-state index contributed by atoms with van der Waals surface area (Å²) >= 11 is 0. The zero-order chi connectivity index (χ0) is 17.6. The second-order valence-electron chi connectivity index (χ2n) is 6.98. The fraction of sp³-hybridized carbons (Fsp3) is 0.625. The second-order valence-corrected chi connectivity index (χ2v) is 9.13. The van der Waals surface area contributed by atoms with Gasteiger partial charge in [0.05, 0.1) is 23.6 Å². The van der Waals surface area contributed by atoms with Gasteiger partial charge in [-0.3, -0.25) is 9.59 Å². The molecule has 2 saturated heterocycles. The number of hydrogen-bond donors (Lipinski definition) is 0. The van der Waals surface area contributed by atoms with Gasteiger partial charge in [-0.2, -0.15) is 5.10 Å². The summed E-state index contributed by atoms with van der Waals surface area (Å²) in [6, 6.07) is 2.24. The SMILES string of the molecule is O=C(C1CCC1)N1CCN(C(=O)c2cccnn2)[C@H]2CS(=O)(=O)C[C@H]21. The Labute approximate surface area is 146 Å². The molecule has 2 atom stereocenters. The van der Waals surface area contributed by atoms with Crippen LogP contribution in [-0.2, 0) is 14.6 Å². The molecule has 3 fully saturated rings. The normalized spacial score (nSPS) is 28.3. The molecular formula is C16H20N4O4S. The van der Waals surface area contributed by atoms with Gasteiger partial charge in [0.15, 0.2) is 15.5 Å². The van der Waals surface area contributed by atoms with Crippen LogP contribution >= 0.6 is 0 Å². The zero-order valence-electron chi connectivity index (χ0n) is 13.7. The van der Waals surface area contributed by atoms with Crippen molar-refractivity contribution < 1.29 is 18.0 Å². The summed E-state index contributed by atoms with van der Waals surface area (Å²) in [4.78, 5) is 28.7. The number of piperazine rings is 1. The fourth-order valence-corrected chi connectivity index (χ4v) is 5.91. The van der Waals surface area contributed by atoms with Gasteiger partial charge in [0.2, 0.25) is 5.91 Å². The average Bonchev–Trinajstić information content (AvgIpc) is 2.87. The summed E-state index contributed by atoms with van der Waals surface area (Å²) < 4.78 is 24.4. The van der Waals surface area contributed by atoms with E-state index in [4.69, 9.17) is 0 Å². The number of carbonyl (C=O) groups is 2. The van der Waals surface area contributed by atoms with E-state index in [1.165, 1.54) is 6.20 Å². The molecule has 3 aliphatic rings. The van der Waals surface area contributed by atoms with Gasteiger partial charge in [0.1, 0.15) is 0 Å². The number of sulfone groups is 1. The number of fused-ring (bicyclic) bond motifs is 1. The molecule has 1 aromatic heterocycles. The van der Waals surface area contributed by atoms with Gasteiger partial charge >= 0.3 is 0 Å². The molecule has 134 valence electrons. The van der Waals surface area contributed by atoms with Crippen molar-refractivity contribution in [1.82, 2.24) is 20.0 Å². The van der Waals surface area contributed by atoms with E-state index in [1.54, 1.807) is 21.9 Å². The molecule has 1 aromatic rings. The largest absolute Gasteiger partial charge is 0.335 e. The van der Waals surface area contributed by atoms with Crippen molar-refractivity contribution in [2.45, 2.75) is 31.3 Å². The van der Waals surface area contributed by atoms with Crippen LogP contribution in [0.4, 0.5) is 0 Å². The van der Waals surface area contributed by atoms with Crippen LogP contribution in [0.3, 0.4) is 0 Å². The van der Waals surface area contributed by atoms with Crippen molar-refractivity contribution in [3.05, 3.63) is 24.0 Å². The van der Waals surface area contributed by atoms with E-state index in [9.17, 15) is 18.0 Å². The Kier molecular flexibility index (Phi) is 3.98. The summed E-state index contributed by atoms with van der Waals surface area (Å²) in [5.74, 6) is -0.425. The maximum Gasteiger partial charge on any atom is 0.274 e. The summed E-state index contributed by atoms with van der Waals surface area (Å²) in [7, 11) is -3.28. The molecule has 1 aliphatic carbocycles. The first-order valence-electron chi connectivity index (χ1n) is 8.56. The summed E-state index contributed by atoms with van der Waals surface area (Å²) in [5.41, 5.74) is 0.198. The van der Waals surface area contributed by atoms with Crippen molar-refractivity contribution in [2.75, 3.05) is 24.6 Å². The van der Waals surface area contributed by atoms with Crippen LogP contribution < -0.4 is 0 Å². The van der Waals surface area contributed by atoms with Crippen LogP contribution in [0.2, 0.25) is 0 Å². The quantitative estimate of drug-likeness (QED) is 0.716. The lowest BCUT2D eigenvalue weighted by molar-refractivity contribution is -0.143. The molecular weight excluding hydrogens is 344 g/mol. The Balaban J connectivity index is 1.60. The van der Waals surface area contributed by atoms with Crippen molar-refractivity contribution in [1.29, 1.82) is 0 Å². The first-order valence-corrected chi connectivity index (χ1v) is 10.4. The van der Waals surface area contributed by atoms with E-state index in [2.05, 4.69) is 10.2 Å². The molecule has 1 saturated carbocycles. The minimum atomic E-state index is -3.28. The highest BCUT2D eigenvalue weighted by Crippen LogP contribution is 2.33. The third-order valence-corrected chi connectivity index (χ3v) is 7.16. The maximum atomic E-state index is 12.8. The monoisotopic (exact) mass is 364 g/mol. The van der Waals surface area contributed by atoms with Gasteiger partial charge < -0.3 is 9.80 Å². The van der Waals surface area contributed by atoms with Gasteiger partial charge in [0, 0.05) is 25.2 Å². The molecule has 0 bridgehead atoms. The Hall–Kier alpha value is -2.03. The zero-order valence-corrected chi connectivity index (χ0v) is 14.6. The van der Waals surface area contributed by atoms with Gasteiger partial charge in [-0.1, -0.05) is 6.42 Å². The van der Waals surface area contributed by atoms with E-state index < -0.39 is 21.9 Å². The number of nitrogens with zero attached hydrogens (tertiary/aromatic N) is 4. The predicted molar refractivity (Wildman–Crippen MR) is 88.4 cm³/mol. The molecule has 0 radical (unpaired) electrons. The lowest BCUT2D eigenvalue weighted by atomic mass is 9.83. The summed E-state index contributed by atoms with van der Waals surface area (Å²) in [5, 5.41) is 7.56. The minimum Gasteiger partial charge on any atom is -0.335 e. The molecule has 0 N–H and O–H groups in total. The smallest absolute Gasteiger partial charge is 0.274 e. The lowest BCUT2D eigenvalue weighted by Crippen LogP contribution is -2.63.